The monoisotopic (exact) mass is 265 g/mol. The van der Waals surface area contributed by atoms with Crippen molar-refractivity contribution in [2.45, 2.75) is 32.0 Å². The van der Waals surface area contributed by atoms with Crippen molar-refractivity contribution in [3.8, 4) is 5.75 Å². The van der Waals surface area contributed by atoms with Gasteiger partial charge in [-0.3, -0.25) is 0 Å². The molecule has 0 saturated heterocycles. The molecule has 1 aromatic rings. The lowest BCUT2D eigenvalue weighted by atomic mass is 9.82. The predicted octanol–water partition coefficient (Wildman–Crippen LogP) is 1.10. The van der Waals surface area contributed by atoms with Crippen LogP contribution in [0, 0.1) is 12.8 Å². The molecule has 1 aliphatic rings. The summed E-state index contributed by atoms with van der Waals surface area (Å²) in [4.78, 5) is 0. The molecule has 0 aliphatic heterocycles. The number of hydrogen-bond donors (Lipinski definition) is 3. The highest BCUT2D eigenvalue weighted by Gasteiger charge is 2.26. The van der Waals surface area contributed by atoms with Crippen LogP contribution in [0.5, 0.6) is 5.75 Å². The van der Waals surface area contributed by atoms with Crippen LogP contribution in [-0.2, 0) is 0 Å². The average Bonchev–Trinajstić information content (AvgIpc) is 2.34. The summed E-state index contributed by atoms with van der Waals surface area (Å²) in [7, 11) is 0. The van der Waals surface area contributed by atoms with Crippen molar-refractivity contribution in [3.63, 3.8) is 0 Å². The van der Waals surface area contributed by atoms with Gasteiger partial charge in [-0.05, 0) is 49.9 Å². The zero-order chi connectivity index (χ0) is 13.7. The fourth-order valence-corrected chi connectivity index (χ4v) is 2.28. The van der Waals surface area contributed by atoms with Gasteiger partial charge in [0.1, 0.15) is 18.5 Å². The van der Waals surface area contributed by atoms with Crippen LogP contribution in [0.3, 0.4) is 0 Å². The molecule has 4 heteroatoms. The Balaban J connectivity index is 1.58. The Morgan fingerprint density at radius 1 is 1.42 bits per heavy atom. The summed E-state index contributed by atoms with van der Waals surface area (Å²) in [5, 5.41) is 22.2. The first-order chi connectivity index (χ1) is 9.13. The van der Waals surface area contributed by atoms with E-state index in [1.165, 1.54) is 0 Å². The fraction of sp³-hybridized carbons (Fsp3) is 0.600. The molecule has 0 amide bonds. The van der Waals surface area contributed by atoms with E-state index in [2.05, 4.69) is 5.32 Å². The summed E-state index contributed by atoms with van der Waals surface area (Å²) in [6.07, 6.45) is 1.14. The van der Waals surface area contributed by atoms with E-state index in [1.54, 1.807) is 0 Å². The Morgan fingerprint density at radius 2 is 2.21 bits per heavy atom. The van der Waals surface area contributed by atoms with E-state index in [4.69, 9.17) is 9.84 Å². The predicted molar refractivity (Wildman–Crippen MR) is 74.3 cm³/mol. The molecule has 1 saturated carbocycles. The number of hydrogen-bond acceptors (Lipinski definition) is 4. The molecule has 0 bridgehead atoms. The van der Waals surface area contributed by atoms with Crippen LogP contribution in [0.1, 0.15) is 18.4 Å². The summed E-state index contributed by atoms with van der Waals surface area (Å²) in [5.74, 6) is 1.35. The zero-order valence-electron chi connectivity index (χ0n) is 11.4. The summed E-state index contributed by atoms with van der Waals surface area (Å²) in [6, 6.07) is 7.80. The molecule has 0 heterocycles. The Hall–Kier alpha value is -1.10. The van der Waals surface area contributed by atoms with Gasteiger partial charge in [-0.25, -0.2) is 0 Å². The van der Waals surface area contributed by atoms with E-state index in [1.807, 2.05) is 31.2 Å². The molecule has 0 aromatic heterocycles. The lowest BCUT2D eigenvalue weighted by Gasteiger charge is -2.31. The third kappa shape index (κ3) is 4.82. The fourth-order valence-electron chi connectivity index (χ4n) is 2.28. The van der Waals surface area contributed by atoms with Crippen molar-refractivity contribution in [2.75, 3.05) is 19.7 Å². The lowest BCUT2D eigenvalue weighted by Crippen LogP contribution is -2.39. The van der Waals surface area contributed by atoms with Gasteiger partial charge in [-0.2, -0.15) is 0 Å². The van der Waals surface area contributed by atoms with Crippen molar-refractivity contribution in [1.82, 2.24) is 5.32 Å². The van der Waals surface area contributed by atoms with E-state index in [0.717, 1.165) is 30.7 Å². The molecule has 4 nitrogen and oxygen atoms in total. The first-order valence-electron chi connectivity index (χ1n) is 6.90. The van der Waals surface area contributed by atoms with Gasteiger partial charge in [0.25, 0.3) is 0 Å². The Morgan fingerprint density at radius 3 is 2.89 bits per heavy atom. The Bertz CT molecular complexity index is 391. The molecule has 1 aliphatic carbocycles. The number of aliphatic hydroxyl groups excluding tert-OH is 2. The van der Waals surface area contributed by atoms with Gasteiger partial charge < -0.3 is 20.3 Å². The van der Waals surface area contributed by atoms with E-state index in [-0.39, 0.29) is 6.10 Å². The van der Waals surface area contributed by atoms with Crippen LogP contribution >= 0.6 is 0 Å². The Kier molecular flexibility index (Phi) is 5.19. The SMILES string of the molecule is Cc1cccc(OCC(O)CNCC2CC(O)C2)c1. The van der Waals surface area contributed by atoms with Crippen molar-refractivity contribution in [2.24, 2.45) is 5.92 Å². The maximum Gasteiger partial charge on any atom is 0.119 e. The number of benzene rings is 1. The third-order valence-electron chi connectivity index (χ3n) is 3.46. The van der Waals surface area contributed by atoms with Gasteiger partial charge in [0.05, 0.1) is 6.10 Å². The van der Waals surface area contributed by atoms with Crippen LogP contribution in [-0.4, -0.2) is 42.1 Å². The van der Waals surface area contributed by atoms with Crippen molar-refractivity contribution >= 4 is 0 Å². The quantitative estimate of drug-likeness (QED) is 0.691. The number of aryl methyl sites for hydroxylation is 1. The molecule has 1 fully saturated rings. The van der Waals surface area contributed by atoms with Crippen LogP contribution < -0.4 is 10.1 Å². The highest BCUT2D eigenvalue weighted by Crippen LogP contribution is 2.25. The smallest absolute Gasteiger partial charge is 0.119 e. The van der Waals surface area contributed by atoms with Gasteiger partial charge in [0.15, 0.2) is 0 Å². The van der Waals surface area contributed by atoms with Gasteiger partial charge >= 0.3 is 0 Å². The first-order valence-corrected chi connectivity index (χ1v) is 6.90. The number of aliphatic hydroxyl groups is 2. The van der Waals surface area contributed by atoms with Crippen molar-refractivity contribution in [3.05, 3.63) is 29.8 Å². The number of rotatable bonds is 7. The Labute approximate surface area is 114 Å². The minimum Gasteiger partial charge on any atom is -0.491 e. The van der Waals surface area contributed by atoms with E-state index in [9.17, 15) is 5.11 Å². The molecule has 0 spiro atoms. The summed E-state index contributed by atoms with van der Waals surface area (Å²) >= 11 is 0. The number of nitrogens with one attached hydrogen (secondary N) is 1. The van der Waals surface area contributed by atoms with Gasteiger partial charge in [-0.1, -0.05) is 12.1 Å². The number of ether oxygens (including phenoxy) is 1. The second-order valence-corrected chi connectivity index (χ2v) is 5.43. The van der Waals surface area contributed by atoms with Crippen LogP contribution in [0.2, 0.25) is 0 Å². The molecule has 1 unspecified atom stereocenters. The van der Waals surface area contributed by atoms with Gasteiger partial charge in [-0.15, -0.1) is 0 Å². The molecule has 1 aromatic carbocycles. The maximum atomic E-state index is 9.80. The van der Waals surface area contributed by atoms with Crippen molar-refractivity contribution in [1.29, 1.82) is 0 Å². The average molecular weight is 265 g/mol. The molecular weight excluding hydrogens is 242 g/mol. The second kappa shape index (κ2) is 6.89. The summed E-state index contributed by atoms with van der Waals surface area (Å²) in [6.45, 7) is 3.69. The normalized spacial score (nSPS) is 23.7. The van der Waals surface area contributed by atoms with Gasteiger partial charge in [0.2, 0.25) is 0 Å². The van der Waals surface area contributed by atoms with Crippen molar-refractivity contribution < 1.29 is 14.9 Å². The van der Waals surface area contributed by atoms with E-state index < -0.39 is 6.10 Å². The maximum absolute atomic E-state index is 9.80. The molecule has 1 atom stereocenters. The second-order valence-electron chi connectivity index (χ2n) is 5.43. The molecule has 106 valence electrons. The molecular formula is C15H23NO3. The third-order valence-corrected chi connectivity index (χ3v) is 3.46. The summed E-state index contributed by atoms with van der Waals surface area (Å²) in [5.41, 5.74) is 1.15. The standard InChI is InChI=1S/C15H23NO3/c1-11-3-2-4-15(5-11)19-10-14(18)9-16-8-12-6-13(17)7-12/h2-5,12-14,16-18H,6-10H2,1H3. The van der Waals surface area contributed by atoms with Crippen LogP contribution in [0.4, 0.5) is 0 Å². The summed E-state index contributed by atoms with van der Waals surface area (Å²) < 4.78 is 5.53. The minimum absolute atomic E-state index is 0.110. The highest BCUT2D eigenvalue weighted by molar-refractivity contribution is 5.27. The lowest BCUT2D eigenvalue weighted by molar-refractivity contribution is 0.0400. The largest absolute Gasteiger partial charge is 0.491 e. The van der Waals surface area contributed by atoms with Crippen LogP contribution in [0.15, 0.2) is 24.3 Å². The molecule has 19 heavy (non-hydrogen) atoms. The van der Waals surface area contributed by atoms with E-state index in [0.29, 0.717) is 19.1 Å². The van der Waals surface area contributed by atoms with Crippen LogP contribution in [0.25, 0.3) is 0 Å². The molecule has 0 radical (unpaired) electrons. The molecule has 3 N–H and O–H groups in total. The topological polar surface area (TPSA) is 61.7 Å². The zero-order valence-corrected chi connectivity index (χ0v) is 11.4. The highest BCUT2D eigenvalue weighted by atomic mass is 16.5. The first kappa shape index (κ1) is 14.3. The minimum atomic E-state index is -0.509. The van der Waals surface area contributed by atoms with E-state index >= 15 is 0 Å². The molecule has 2 rings (SSSR count). The van der Waals surface area contributed by atoms with Gasteiger partial charge in [0, 0.05) is 6.54 Å².